The van der Waals surface area contributed by atoms with Crippen LogP contribution < -0.4 is 5.56 Å². The molecule has 70 valence electrons. The van der Waals surface area contributed by atoms with Gasteiger partial charge < -0.3 is 4.98 Å². The van der Waals surface area contributed by atoms with Gasteiger partial charge in [-0.3, -0.25) is 9.78 Å². The van der Waals surface area contributed by atoms with Gasteiger partial charge in [0.05, 0.1) is 0 Å². The molecule has 0 aliphatic heterocycles. The van der Waals surface area contributed by atoms with Gasteiger partial charge in [-0.1, -0.05) is 0 Å². The molecule has 0 radical (unpaired) electrons. The van der Waals surface area contributed by atoms with E-state index in [0.717, 1.165) is 5.56 Å². The molecule has 2 heterocycles. The first-order valence-corrected chi connectivity index (χ1v) is 4.06. The first-order valence-electron chi connectivity index (χ1n) is 4.06. The first-order chi connectivity index (χ1) is 6.77. The molecule has 0 fully saturated rings. The lowest BCUT2D eigenvalue weighted by Gasteiger charge is -1.99. The molecule has 0 amide bonds. The van der Waals surface area contributed by atoms with Crippen molar-refractivity contribution in [3.8, 4) is 11.1 Å². The Morgan fingerprint density at radius 2 is 1.93 bits per heavy atom. The third kappa shape index (κ3) is 1.54. The van der Waals surface area contributed by atoms with E-state index in [1.165, 1.54) is 12.3 Å². The van der Waals surface area contributed by atoms with Gasteiger partial charge in [-0.2, -0.15) is 0 Å². The quantitative estimate of drug-likeness (QED) is 0.741. The maximum Gasteiger partial charge on any atom is 0.283 e. The topological polar surface area (TPSA) is 45.8 Å². The number of nitrogens with one attached hydrogen (secondary N) is 1. The van der Waals surface area contributed by atoms with E-state index in [-0.39, 0.29) is 0 Å². The Hall–Kier alpha value is -1.97. The van der Waals surface area contributed by atoms with E-state index in [0.29, 0.717) is 5.56 Å². The zero-order valence-electron chi connectivity index (χ0n) is 7.20. The van der Waals surface area contributed by atoms with Crippen LogP contribution in [0, 0.1) is 5.82 Å². The number of nitrogens with zero attached hydrogens (tertiary/aromatic N) is 1. The average molecular weight is 190 g/mol. The molecule has 1 N–H and O–H groups in total. The van der Waals surface area contributed by atoms with Gasteiger partial charge in [0.1, 0.15) is 0 Å². The van der Waals surface area contributed by atoms with Crippen molar-refractivity contribution < 1.29 is 4.39 Å². The Morgan fingerprint density at radius 3 is 2.57 bits per heavy atom. The van der Waals surface area contributed by atoms with Crippen LogP contribution in [0.5, 0.6) is 0 Å². The normalized spacial score (nSPS) is 10.1. The summed E-state index contributed by atoms with van der Waals surface area (Å²) in [6.45, 7) is 0. The summed E-state index contributed by atoms with van der Waals surface area (Å²) in [6.07, 6.45) is 4.69. The van der Waals surface area contributed by atoms with Crippen LogP contribution in [0.25, 0.3) is 11.1 Å². The lowest BCUT2D eigenvalue weighted by atomic mass is 10.1. The van der Waals surface area contributed by atoms with E-state index in [2.05, 4.69) is 9.97 Å². The maximum atomic E-state index is 12.9. The monoisotopic (exact) mass is 190 g/mol. The predicted octanol–water partition coefficient (Wildman–Crippen LogP) is 1.58. The molecule has 2 aromatic rings. The molecule has 0 atom stereocenters. The lowest BCUT2D eigenvalue weighted by Crippen LogP contribution is -2.09. The first kappa shape index (κ1) is 8.62. The van der Waals surface area contributed by atoms with E-state index in [1.54, 1.807) is 24.5 Å². The number of hydrogen-bond acceptors (Lipinski definition) is 2. The van der Waals surface area contributed by atoms with Crippen molar-refractivity contribution in [1.29, 1.82) is 0 Å². The van der Waals surface area contributed by atoms with Crippen LogP contribution in [0.15, 0.2) is 41.6 Å². The molecule has 0 aliphatic rings. The highest BCUT2D eigenvalue weighted by Crippen LogP contribution is 2.15. The summed E-state index contributed by atoms with van der Waals surface area (Å²) in [7, 11) is 0. The third-order valence-electron chi connectivity index (χ3n) is 1.87. The molecule has 0 bridgehead atoms. The smallest absolute Gasteiger partial charge is 0.283 e. The number of H-pyrrole nitrogens is 1. The van der Waals surface area contributed by atoms with Crippen LogP contribution in [-0.4, -0.2) is 9.97 Å². The van der Waals surface area contributed by atoms with Crippen LogP contribution in [0.1, 0.15) is 0 Å². The van der Waals surface area contributed by atoms with Crippen molar-refractivity contribution in [3.63, 3.8) is 0 Å². The number of aromatic nitrogens is 2. The summed E-state index contributed by atoms with van der Waals surface area (Å²) in [4.78, 5) is 16.9. The highest BCUT2D eigenvalue weighted by Gasteiger charge is 2.01. The van der Waals surface area contributed by atoms with Gasteiger partial charge in [0.15, 0.2) is 5.82 Å². The van der Waals surface area contributed by atoms with Crippen LogP contribution in [-0.2, 0) is 0 Å². The number of aromatic amines is 1. The van der Waals surface area contributed by atoms with Crippen molar-refractivity contribution in [3.05, 3.63) is 53.0 Å². The largest absolute Gasteiger partial charge is 0.326 e. The SMILES string of the molecule is O=c1[nH]cc(-c2ccncc2)cc1F. The Labute approximate surface area is 79.3 Å². The fourth-order valence-electron chi connectivity index (χ4n) is 1.17. The molecule has 0 aliphatic carbocycles. The van der Waals surface area contributed by atoms with Gasteiger partial charge in [-0.25, -0.2) is 4.39 Å². The molecule has 2 rings (SSSR count). The zero-order chi connectivity index (χ0) is 9.97. The molecule has 2 aromatic heterocycles. The van der Waals surface area contributed by atoms with Crippen LogP contribution >= 0.6 is 0 Å². The van der Waals surface area contributed by atoms with E-state index in [4.69, 9.17) is 0 Å². The summed E-state index contributed by atoms with van der Waals surface area (Å²) < 4.78 is 12.9. The van der Waals surface area contributed by atoms with Crippen molar-refractivity contribution in [2.24, 2.45) is 0 Å². The molecule has 14 heavy (non-hydrogen) atoms. The van der Waals surface area contributed by atoms with Crippen molar-refractivity contribution >= 4 is 0 Å². The van der Waals surface area contributed by atoms with E-state index >= 15 is 0 Å². The summed E-state index contributed by atoms with van der Waals surface area (Å²) in [6, 6.07) is 4.69. The molecule has 0 saturated heterocycles. The maximum absolute atomic E-state index is 12.9. The average Bonchev–Trinajstić information content (AvgIpc) is 2.23. The van der Waals surface area contributed by atoms with Gasteiger partial charge in [0.25, 0.3) is 5.56 Å². The lowest BCUT2D eigenvalue weighted by molar-refractivity contribution is 0.609. The molecule has 0 spiro atoms. The summed E-state index contributed by atoms with van der Waals surface area (Å²) >= 11 is 0. The van der Waals surface area contributed by atoms with E-state index < -0.39 is 11.4 Å². The van der Waals surface area contributed by atoms with Gasteiger partial charge in [0, 0.05) is 24.2 Å². The van der Waals surface area contributed by atoms with Crippen molar-refractivity contribution in [2.45, 2.75) is 0 Å². The fraction of sp³-hybridized carbons (Fsp3) is 0. The molecule has 4 heteroatoms. The Bertz CT molecular complexity index is 493. The molecule has 0 saturated carbocycles. The summed E-state index contributed by atoms with van der Waals surface area (Å²) in [5.41, 5.74) is 0.738. The van der Waals surface area contributed by atoms with Crippen LogP contribution in [0.4, 0.5) is 4.39 Å². The highest BCUT2D eigenvalue weighted by atomic mass is 19.1. The highest BCUT2D eigenvalue weighted by molar-refractivity contribution is 5.61. The van der Waals surface area contributed by atoms with Gasteiger partial charge in [0.2, 0.25) is 0 Å². The minimum Gasteiger partial charge on any atom is -0.326 e. The summed E-state index contributed by atoms with van der Waals surface area (Å²) in [5.74, 6) is -0.778. The van der Waals surface area contributed by atoms with Gasteiger partial charge in [-0.05, 0) is 23.8 Å². The number of halogens is 1. The molecule has 0 unspecified atom stereocenters. The minimum atomic E-state index is -0.778. The van der Waals surface area contributed by atoms with E-state index in [9.17, 15) is 9.18 Å². The molecular weight excluding hydrogens is 183 g/mol. The molecular formula is C10H7FN2O. The molecule has 3 nitrogen and oxygen atoms in total. The van der Waals surface area contributed by atoms with Crippen LogP contribution in [0.3, 0.4) is 0 Å². The predicted molar refractivity (Wildman–Crippen MR) is 50.3 cm³/mol. The second-order valence-corrected chi connectivity index (χ2v) is 2.80. The van der Waals surface area contributed by atoms with E-state index in [1.807, 2.05) is 0 Å². The summed E-state index contributed by atoms with van der Waals surface area (Å²) in [5, 5.41) is 0. The Kier molecular flexibility index (Phi) is 2.10. The number of rotatable bonds is 1. The second-order valence-electron chi connectivity index (χ2n) is 2.80. The van der Waals surface area contributed by atoms with Gasteiger partial charge >= 0.3 is 0 Å². The zero-order valence-corrected chi connectivity index (χ0v) is 7.20. The van der Waals surface area contributed by atoms with Crippen molar-refractivity contribution in [2.75, 3.05) is 0 Å². The number of pyridine rings is 2. The Morgan fingerprint density at radius 1 is 1.21 bits per heavy atom. The number of hydrogen-bond donors (Lipinski definition) is 1. The van der Waals surface area contributed by atoms with Crippen LogP contribution in [0.2, 0.25) is 0 Å². The second kappa shape index (κ2) is 3.41. The van der Waals surface area contributed by atoms with Gasteiger partial charge in [-0.15, -0.1) is 0 Å². The third-order valence-corrected chi connectivity index (χ3v) is 1.87. The molecule has 0 aromatic carbocycles. The fourth-order valence-corrected chi connectivity index (χ4v) is 1.17. The Balaban J connectivity index is 2.54. The van der Waals surface area contributed by atoms with Crippen molar-refractivity contribution in [1.82, 2.24) is 9.97 Å². The minimum absolute atomic E-state index is 0.629. The standard InChI is InChI=1S/C10H7FN2O/c11-9-5-8(6-13-10(9)14)7-1-3-12-4-2-7/h1-6H,(H,13,14).